The lowest BCUT2D eigenvalue weighted by Gasteiger charge is -2.40. The molecule has 0 amide bonds. The number of hydrazine groups is 1. The Balaban J connectivity index is 1.57. The minimum absolute atomic E-state index is 0.626. The van der Waals surface area contributed by atoms with Crippen molar-refractivity contribution in [2.75, 3.05) is 36.5 Å². The van der Waals surface area contributed by atoms with Crippen LogP contribution in [0.1, 0.15) is 32.1 Å². The summed E-state index contributed by atoms with van der Waals surface area (Å²) >= 11 is 0. The van der Waals surface area contributed by atoms with E-state index in [4.69, 9.17) is 5.84 Å². The highest BCUT2D eigenvalue weighted by Crippen LogP contribution is 2.23. The predicted octanol–water partition coefficient (Wildman–Crippen LogP) is 1.22. The zero-order chi connectivity index (χ0) is 13.8. The molecule has 6 nitrogen and oxygen atoms in total. The van der Waals surface area contributed by atoms with Crippen molar-refractivity contribution in [1.29, 1.82) is 0 Å². The summed E-state index contributed by atoms with van der Waals surface area (Å²) in [6.45, 7) is 4.70. The highest BCUT2D eigenvalue weighted by atomic mass is 15.3. The monoisotopic (exact) mass is 276 g/mol. The van der Waals surface area contributed by atoms with E-state index in [1.807, 2.05) is 6.20 Å². The molecule has 0 radical (unpaired) electrons. The highest BCUT2D eigenvalue weighted by molar-refractivity contribution is 5.43. The maximum absolute atomic E-state index is 5.39. The second-order valence-electron chi connectivity index (χ2n) is 5.72. The lowest BCUT2D eigenvalue weighted by molar-refractivity contribution is 0.141. The van der Waals surface area contributed by atoms with Crippen LogP contribution in [0.5, 0.6) is 0 Å². The zero-order valence-electron chi connectivity index (χ0n) is 12.0. The van der Waals surface area contributed by atoms with Gasteiger partial charge in [-0.15, -0.1) is 0 Å². The van der Waals surface area contributed by atoms with Gasteiger partial charge < -0.3 is 15.2 Å². The van der Waals surface area contributed by atoms with Crippen molar-refractivity contribution in [3.05, 3.63) is 12.4 Å². The molecule has 2 aliphatic heterocycles. The molecule has 20 heavy (non-hydrogen) atoms. The van der Waals surface area contributed by atoms with Gasteiger partial charge in [-0.05, 0) is 38.8 Å². The van der Waals surface area contributed by atoms with Crippen molar-refractivity contribution in [1.82, 2.24) is 14.9 Å². The Morgan fingerprint density at radius 1 is 1.05 bits per heavy atom. The fourth-order valence-electron chi connectivity index (χ4n) is 3.32. The Kier molecular flexibility index (Phi) is 4.32. The van der Waals surface area contributed by atoms with Gasteiger partial charge >= 0.3 is 0 Å². The van der Waals surface area contributed by atoms with Crippen molar-refractivity contribution >= 4 is 11.6 Å². The van der Waals surface area contributed by atoms with Gasteiger partial charge in [0.25, 0.3) is 0 Å². The van der Waals surface area contributed by atoms with Crippen LogP contribution in [0, 0.1) is 0 Å². The number of nitrogens with zero attached hydrogens (tertiary/aromatic N) is 4. The van der Waals surface area contributed by atoms with Crippen molar-refractivity contribution < 1.29 is 0 Å². The molecule has 0 unspecified atom stereocenters. The molecule has 0 aliphatic carbocycles. The number of aromatic nitrogens is 2. The molecule has 3 N–H and O–H groups in total. The van der Waals surface area contributed by atoms with Crippen LogP contribution in [0.15, 0.2) is 12.4 Å². The molecule has 0 atom stereocenters. The molecule has 0 aromatic carbocycles. The minimum atomic E-state index is 0.626. The Morgan fingerprint density at radius 2 is 1.80 bits per heavy atom. The molecule has 2 saturated heterocycles. The van der Waals surface area contributed by atoms with Gasteiger partial charge in [-0.25, -0.2) is 10.8 Å². The largest absolute Gasteiger partial charge is 0.355 e. The number of anilines is 2. The smallest absolute Gasteiger partial charge is 0.160 e. The maximum atomic E-state index is 5.39. The lowest BCUT2D eigenvalue weighted by Crippen LogP contribution is -2.47. The fourth-order valence-corrected chi connectivity index (χ4v) is 3.32. The molecule has 6 heteroatoms. The summed E-state index contributed by atoms with van der Waals surface area (Å²) in [4.78, 5) is 13.6. The first-order valence-electron chi connectivity index (χ1n) is 7.64. The molecule has 2 aliphatic rings. The topological polar surface area (TPSA) is 70.3 Å². The zero-order valence-corrected chi connectivity index (χ0v) is 12.0. The van der Waals surface area contributed by atoms with Gasteiger partial charge in [-0.2, -0.15) is 0 Å². The molecule has 3 heterocycles. The van der Waals surface area contributed by atoms with Crippen molar-refractivity contribution in [2.45, 2.75) is 38.1 Å². The van der Waals surface area contributed by atoms with Crippen LogP contribution >= 0.6 is 0 Å². The van der Waals surface area contributed by atoms with E-state index in [0.29, 0.717) is 5.82 Å². The summed E-state index contributed by atoms with van der Waals surface area (Å²) in [6, 6.07) is 0.760. The van der Waals surface area contributed by atoms with E-state index in [9.17, 15) is 0 Å². The molecular formula is C14H24N6. The molecule has 2 fully saturated rings. The standard InChI is InChI=1S/C14H24N6/c15-18-13-10-16-11-14(17-13)20-8-4-12(5-9-20)19-6-2-1-3-7-19/h10-12H,1-9,15H2,(H,17,18). The average Bonchev–Trinajstić information content (AvgIpc) is 2.56. The first-order valence-corrected chi connectivity index (χ1v) is 7.64. The number of nitrogens with two attached hydrogens (primary N) is 1. The molecule has 110 valence electrons. The Bertz CT molecular complexity index is 423. The summed E-state index contributed by atoms with van der Waals surface area (Å²) in [7, 11) is 0. The second kappa shape index (κ2) is 6.37. The number of nitrogen functional groups attached to an aromatic ring is 1. The number of piperidine rings is 2. The van der Waals surface area contributed by atoms with E-state index in [1.54, 1.807) is 6.20 Å². The molecule has 3 rings (SSSR count). The van der Waals surface area contributed by atoms with Crippen molar-refractivity contribution in [3.63, 3.8) is 0 Å². The molecule has 0 spiro atoms. The van der Waals surface area contributed by atoms with Gasteiger partial charge in [0.1, 0.15) is 5.82 Å². The van der Waals surface area contributed by atoms with Gasteiger partial charge in [0, 0.05) is 19.1 Å². The quantitative estimate of drug-likeness (QED) is 0.639. The van der Waals surface area contributed by atoms with Crippen LogP contribution in [0.3, 0.4) is 0 Å². The van der Waals surface area contributed by atoms with Gasteiger partial charge in [0.05, 0.1) is 12.4 Å². The number of rotatable bonds is 3. The van der Waals surface area contributed by atoms with Crippen LogP contribution in [-0.2, 0) is 0 Å². The van der Waals surface area contributed by atoms with E-state index < -0.39 is 0 Å². The summed E-state index contributed by atoms with van der Waals surface area (Å²) in [5.41, 5.74) is 2.56. The second-order valence-corrected chi connectivity index (χ2v) is 5.72. The summed E-state index contributed by atoms with van der Waals surface area (Å²) in [5.74, 6) is 6.94. The first kappa shape index (κ1) is 13.6. The fraction of sp³-hybridized carbons (Fsp3) is 0.714. The summed E-state index contributed by atoms with van der Waals surface area (Å²) in [6.07, 6.45) is 10.1. The van der Waals surface area contributed by atoms with Crippen molar-refractivity contribution in [3.8, 4) is 0 Å². The third-order valence-corrected chi connectivity index (χ3v) is 4.47. The van der Waals surface area contributed by atoms with Crippen LogP contribution in [0.4, 0.5) is 11.6 Å². The van der Waals surface area contributed by atoms with Crippen LogP contribution < -0.4 is 16.2 Å². The predicted molar refractivity (Wildman–Crippen MR) is 80.5 cm³/mol. The van der Waals surface area contributed by atoms with E-state index >= 15 is 0 Å². The third-order valence-electron chi connectivity index (χ3n) is 4.47. The van der Waals surface area contributed by atoms with Gasteiger partial charge in [0.2, 0.25) is 0 Å². The Labute approximate surface area is 120 Å². The minimum Gasteiger partial charge on any atom is -0.355 e. The third kappa shape index (κ3) is 3.02. The van der Waals surface area contributed by atoms with Crippen LogP contribution in [0.25, 0.3) is 0 Å². The van der Waals surface area contributed by atoms with Crippen molar-refractivity contribution in [2.24, 2.45) is 5.84 Å². The van der Waals surface area contributed by atoms with Gasteiger partial charge in [-0.1, -0.05) is 6.42 Å². The molecule has 1 aromatic rings. The van der Waals surface area contributed by atoms with Crippen LogP contribution in [-0.4, -0.2) is 47.1 Å². The maximum Gasteiger partial charge on any atom is 0.160 e. The van der Waals surface area contributed by atoms with Crippen LogP contribution in [0.2, 0.25) is 0 Å². The normalized spacial score (nSPS) is 21.9. The molecule has 0 bridgehead atoms. The lowest BCUT2D eigenvalue weighted by atomic mass is 10.00. The average molecular weight is 276 g/mol. The SMILES string of the molecule is NNc1cncc(N2CCC(N3CCCCC3)CC2)n1. The molecule has 1 aromatic heterocycles. The molecule has 0 saturated carbocycles. The van der Waals surface area contributed by atoms with E-state index in [2.05, 4.69) is 25.2 Å². The first-order chi connectivity index (χ1) is 9.86. The van der Waals surface area contributed by atoms with E-state index in [0.717, 1.165) is 24.9 Å². The number of nitrogens with one attached hydrogen (secondary N) is 1. The van der Waals surface area contributed by atoms with Gasteiger partial charge in [0.15, 0.2) is 5.82 Å². The molecular weight excluding hydrogens is 252 g/mol. The number of hydrogen-bond acceptors (Lipinski definition) is 6. The highest BCUT2D eigenvalue weighted by Gasteiger charge is 2.26. The summed E-state index contributed by atoms with van der Waals surface area (Å²) in [5, 5.41) is 0. The van der Waals surface area contributed by atoms with E-state index in [-0.39, 0.29) is 0 Å². The Hall–Kier alpha value is -1.40. The summed E-state index contributed by atoms with van der Waals surface area (Å²) < 4.78 is 0. The Morgan fingerprint density at radius 3 is 2.50 bits per heavy atom. The van der Waals surface area contributed by atoms with E-state index in [1.165, 1.54) is 45.2 Å². The van der Waals surface area contributed by atoms with Gasteiger partial charge in [-0.3, -0.25) is 4.98 Å². The number of likely N-dealkylation sites (tertiary alicyclic amines) is 1. The number of hydrogen-bond donors (Lipinski definition) is 2.